The quantitative estimate of drug-likeness (QED) is 0.849. The molecule has 1 heterocycles. The van der Waals surface area contributed by atoms with Crippen LogP contribution < -0.4 is 10.6 Å². The standard InChI is InChI=1S/C19H30N2/c1-16-8-9-18-17(13-16)7-6-12-21(18)15-19(14-20)10-4-2-3-5-11-19/h8-9,13H,2-7,10-12,14-15,20H2,1H3. The summed E-state index contributed by atoms with van der Waals surface area (Å²) in [4.78, 5) is 2.64. The minimum Gasteiger partial charge on any atom is -0.371 e. The molecule has 0 atom stereocenters. The third-order valence-electron chi connectivity index (χ3n) is 5.57. The van der Waals surface area contributed by atoms with E-state index in [2.05, 4.69) is 30.0 Å². The van der Waals surface area contributed by atoms with Crippen molar-refractivity contribution in [1.82, 2.24) is 0 Å². The molecule has 1 fully saturated rings. The third kappa shape index (κ3) is 3.26. The Morgan fingerprint density at radius 2 is 1.86 bits per heavy atom. The van der Waals surface area contributed by atoms with E-state index >= 15 is 0 Å². The zero-order chi connectivity index (χ0) is 14.7. The van der Waals surface area contributed by atoms with Crippen molar-refractivity contribution < 1.29 is 0 Å². The number of benzene rings is 1. The summed E-state index contributed by atoms with van der Waals surface area (Å²) < 4.78 is 0. The minimum absolute atomic E-state index is 0.357. The van der Waals surface area contributed by atoms with Gasteiger partial charge in [-0.15, -0.1) is 0 Å². The molecule has 2 heteroatoms. The molecule has 1 saturated carbocycles. The van der Waals surface area contributed by atoms with Gasteiger partial charge >= 0.3 is 0 Å². The number of hydrogen-bond donors (Lipinski definition) is 1. The van der Waals surface area contributed by atoms with Gasteiger partial charge in [0.05, 0.1) is 0 Å². The summed E-state index contributed by atoms with van der Waals surface area (Å²) in [5.74, 6) is 0. The van der Waals surface area contributed by atoms with Crippen LogP contribution in [0.4, 0.5) is 5.69 Å². The van der Waals surface area contributed by atoms with Crippen LogP contribution in [0.25, 0.3) is 0 Å². The minimum atomic E-state index is 0.357. The molecule has 0 spiro atoms. The summed E-state index contributed by atoms with van der Waals surface area (Å²) in [6, 6.07) is 6.98. The van der Waals surface area contributed by atoms with Crippen molar-refractivity contribution in [3.8, 4) is 0 Å². The zero-order valence-corrected chi connectivity index (χ0v) is 13.5. The Bertz CT molecular complexity index is 472. The summed E-state index contributed by atoms with van der Waals surface area (Å²) in [7, 11) is 0. The molecule has 0 unspecified atom stereocenters. The predicted molar refractivity (Wildman–Crippen MR) is 90.9 cm³/mol. The smallest absolute Gasteiger partial charge is 0.0399 e. The lowest BCUT2D eigenvalue weighted by Crippen LogP contribution is -2.44. The second-order valence-electron chi connectivity index (χ2n) is 7.28. The third-order valence-corrected chi connectivity index (χ3v) is 5.57. The van der Waals surface area contributed by atoms with Crippen molar-refractivity contribution in [3.05, 3.63) is 29.3 Å². The molecule has 116 valence electrons. The summed E-state index contributed by atoms with van der Waals surface area (Å²) in [5, 5.41) is 0. The topological polar surface area (TPSA) is 29.3 Å². The van der Waals surface area contributed by atoms with Crippen LogP contribution in [0.3, 0.4) is 0 Å². The first-order valence-corrected chi connectivity index (χ1v) is 8.77. The van der Waals surface area contributed by atoms with E-state index in [9.17, 15) is 0 Å². The molecule has 3 rings (SSSR count). The highest BCUT2D eigenvalue weighted by Gasteiger charge is 2.33. The van der Waals surface area contributed by atoms with Crippen molar-refractivity contribution in [2.24, 2.45) is 11.1 Å². The van der Waals surface area contributed by atoms with Crippen LogP contribution in [-0.2, 0) is 6.42 Å². The molecule has 0 amide bonds. The Kier molecular flexibility index (Phi) is 4.54. The van der Waals surface area contributed by atoms with Gasteiger partial charge in [0.2, 0.25) is 0 Å². The Balaban J connectivity index is 1.81. The average Bonchev–Trinajstić information content (AvgIpc) is 2.73. The highest BCUT2D eigenvalue weighted by atomic mass is 15.1. The van der Waals surface area contributed by atoms with Crippen molar-refractivity contribution in [1.29, 1.82) is 0 Å². The maximum absolute atomic E-state index is 6.24. The number of fused-ring (bicyclic) bond motifs is 1. The van der Waals surface area contributed by atoms with Crippen LogP contribution in [-0.4, -0.2) is 19.6 Å². The van der Waals surface area contributed by atoms with Gasteiger partial charge in [-0.25, -0.2) is 0 Å². The Labute approximate surface area is 129 Å². The van der Waals surface area contributed by atoms with Crippen molar-refractivity contribution in [2.45, 2.75) is 58.3 Å². The first kappa shape index (κ1) is 14.9. The molecule has 0 radical (unpaired) electrons. The van der Waals surface area contributed by atoms with Gasteiger partial charge in [-0.05, 0) is 50.8 Å². The number of nitrogens with zero attached hydrogens (tertiary/aromatic N) is 1. The van der Waals surface area contributed by atoms with Crippen LogP contribution in [0.1, 0.15) is 56.1 Å². The number of hydrogen-bond acceptors (Lipinski definition) is 2. The molecule has 1 aliphatic carbocycles. The van der Waals surface area contributed by atoms with Crippen LogP contribution >= 0.6 is 0 Å². The fourth-order valence-corrected chi connectivity index (χ4v) is 4.28. The number of aryl methyl sites for hydroxylation is 2. The van der Waals surface area contributed by atoms with Crippen LogP contribution in [0, 0.1) is 12.3 Å². The molecule has 21 heavy (non-hydrogen) atoms. The van der Waals surface area contributed by atoms with Crippen molar-refractivity contribution in [2.75, 3.05) is 24.5 Å². The Morgan fingerprint density at radius 3 is 2.57 bits per heavy atom. The van der Waals surface area contributed by atoms with Crippen LogP contribution in [0.5, 0.6) is 0 Å². The summed E-state index contributed by atoms with van der Waals surface area (Å²) in [5.41, 5.74) is 11.0. The second-order valence-corrected chi connectivity index (χ2v) is 7.28. The van der Waals surface area contributed by atoms with Crippen LogP contribution in [0.2, 0.25) is 0 Å². The van der Waals surface area contributed by atoms with Gasteiger partial charge in [-0.2, -0.15) is 0 Å². The van der Waals surface area contributed by atoms with E-state index in [0.717, 1.165) is 6.54 Å². The number of nitrogens with two attached hydrogens (primary N) is 1. The first-order valence-electron chi connectivity index (χ1n) is 8.77. The van der Waals surface area contributed by atoms with Crippen LogP contribution in [0.15, 0.2) is 18.2 Å². The Hall–Kier alpha value is -1.02. The van der Waals surface area contributed by atoms with Crippen molar-refractivity contribution >= 4 is 5.69 Å². The molecule has 1 aromatic carbocycles. The van der Waals surface area contributed by atoms with Gasteiger partial charge in [0, 0.05) is 24.2 Å². The van der Waals surface area contributed by atoms with E-state index in [-0.39, 0.29) is 0 Å². The van der Waals surface area contributed by atoms with Gasteiger partial charge < -0.3 is 10.6 Å². The molecule has 2 aliphatic rings. The highest BCUT2D eigenvalue weighted by molar-refractivity contribution is 5.57. The molecule has 2 nitrogen and oxygen atoms in total. The van der Waals surface area contributed by atoms with Crippen molar-refractivity contribution in [3.63, 3.8) is 0 Å². The van der Waals surface area contributed by atoms with E-state index in [1.165, 1.54) is 75.7 Å². The molecule has 2 N–H and O–H groups in total. The fourth-order valence-electron chi connectivity index (χ4n) is 4.28. The molecular formula is C19H30N2. The Morgan fingerprint density at radius 1 is 1.10 bits per heavy atom. The number of rotatable bonds is 3. The van der Waals surface area contributed by atoms with Gasteiger partial charge in [-0.1, -0.05) is 43.4 Å². The van der Waals surface area contributed by atoms with E-state index in [1.54, 1.807) is 5.56 Å². The molecule has 0 aromatic heterocycles. The maximum atomic E-state index is 6.24. The lowest BCUT2D eigenvalue weighted by molar-refractivity contribution is 0.257. The summed E-state index contributed by atoms with van der Waals surface area (Å²) >= 11 is 0. The maximum Gasteiger partial charge on any atom is 0.0399 e. The van der Waals surface area contributed by atoms with Gasteiger partial charge in [0.25, 0.3) is 0 Å². The molecule has 1 aliphatic heterocycles. The molecule has 0 bridgehead atoms. The normalized spacial score (nSPS) is 21.7. The lowest BCUT2D eigenvalue weighted by atomic mass is 9.79. The largest absolute Gasteiger partial charge is 0.371 e. The predicted octanol–water partition coefficient (Wildman–Crippen LogP) is 4.05. The first-order chi connectivity index (χ1) is 10.2. The number of anilines is 1. The van der Waals surface area contributed by atoms with Gasteiger partial charge in [0.1, 0.15) is 0 Å². The summed E-state index contributed by atoms with van der Waals surface area (Å²) in [6.07, 6.45) is 10.7. The monoisotopic (exact) mass is 286 g/mol. The zero-order valence-electron chi connectivity index (χ0n) is 13.5. The molecule has 1 aromatic rings. The van der Waals surface area contributed by atoms with E-state index in [1.807, 2.05) is 0 Å². The SMILES string of the molecule is Cc1ccc2c(c1)CCCN2CC1(CN)CCCCCC1. The fraction of sp³-hybridized carbons (Fsp3) is 0.684. The van der Waals surface area contributed by atoms with E-state index in [0.29, 0.717) is 5.41 Å². The lowest BCUT2D eigenvalue weighted by Gasteiger charge is -2.41. The van der Waals surface area contributed by atoms with Gasteiger partial charge in [0.15, 0.2) is 0 Å². The second kappa shape index (κ2) is 6.39. The van der Waals surface area contributed by atoms with Gasteiger partial charge in [-0.3, -0.25) is 0 Å². The molecule has 0 saturated heterocycles. The molecular weight excluding hydrogens is 256 g/mol. The highest BCUT2D eigenvalue weighted by Crippen LogP contribution is 2.38. The average molecular weight is 286 g/mol. The van der Waals surface area contributed by atoms with E-state index in [4.69, 9.17) is 5.73 Å². The van der Waals surface area contributed by atoms with E-state index < -0.39 is 0 Å². The summed E-state index contributed by atoms with van der Waals surface area (Å²) in [6.45, 7) is 5.42.